The van der Waals surface area contributed by atoms with Gasteiger partial charge in [-0.2, -0.15) is 0 Å². The van der Waals surface area contributed by atoms with Crippen LogP contribution in [0, 0.1) is 0 Å². The molecule has 1 fully saturated rings. The molecule has 0 spiro atoms. The second-order valence-corrected chi connectivity index (χ2v) is 11.8. The highest BCUT2D eigenvalue weighted by molar-refractivity contribution is 5.92. The third-order valence-electron chi connectivity index (χ3n) is 8.54. The third-order valence-corrected chi connectivity index (χ3v) is 8.54. The second kappa shape index (κ2) is 15.8. The summed E-state index contributed by atoms with van der Waals surface area (Å²) in [4.78, 5) is 56.1. The summed E-state index contributed by atoms with van der Waals surface area (Å²) in [7, 11) is 1.31. The Kier molecular flexibility index (Phi) is 11.1. The van der Waals surface area contributed by atoms with Crippen LogP contribution in [0.3, 0.4) is 0 Å². The molecule has 4 aromatic rings. The predicted octanol–water partition coefficient (Wildman–Crippen LogP) is 5.04. The van der Waals surface area contributed by atoms with E-state index in [1.54, 1.807) is 0 Å². The Balaban J connectivity index is 1.31. The lowest BCUT2D eigenvalue weighted by Gasteiger charge is -2.35. The topological polar surface area (TPSA) is 151 Å². The first-order valence-electron chi connectivity index (χ1n) is 15.9. The van der Waals surface area contributed by atoms with E-state index in [1.807, 2.05) is 91.1 Å². The minimum absolute atomic E-state index is 0.0308. The lowest BCUT2D eigenvalue weighted by atomic mass is 9.81. The number of rotatable bonds is 12. The Morgan fingerprint density at radius 1 is 0.851 bits per heavy atom. The molecule has 1 saturated carbocycles. The van der Waals surface area contributed by atoms with Gasteiger partial charge in [0, 0.05) is 30.1 Å². The standard InChI is InChI=1S/C36H41N5O6/c1-46-33(43)36(19-11-4-12-20-36)41-34(44)39-30(21-27-22-37-29-18-10-9-17-28(27)29)32(42)38-23-31(26-15-7-3-8-16-26)40-35(45)47-24-25-13-5-2-6-14-25/h2-3,5-10,13-18,22,30-31,37H,4,11-12,19-21,23-24H2,1H3,(H,38,42)(H,40,45)(H2,39,41,44)/t30-,31+/m1/s1. The van der Waals surface area contributed by atoms with E-state index in [0.717, 1.165) is 46.9 Å². The van der Waals surface area contributed by atoms with E-state index in [4.69, 9.17) is 9.47 Å². The number of carbonyl (C=O) groups excluding carboxylic acids is 4. The van der Waals surface area contributed by atoms with E-state index in [1.165, 1.54) is 7.11 Å². The van der Waals surface area contributed by atoms with E-state index in [9.17, 15) is 19.2 Å². The van der Waals surface area contributed by atoms with Crippen LogP contribution in [-0.2, 0) is 32.1 Å². The number of alkyl carbamates (subject to hydrolysis) is 1. The molecule has 1 heterocycles. The maximum absolute atomic E-state index is 13.8. The minimum Gasteiger partial charge on any atom is -0.467 e. The van der Waals surface area contributed by atoms with E-state index in [-0.39, 0.29) is 19.6 Å². The molecule has 11 nitrogen and oxygen atoms in total. The monoisotopic (exact) mass is 639 g/mol. The van der Waals surface area contributed by atoms with Crippen LogP contribution in [0.5, 0.6) is 0 Å². The number of aromatic nitrogens is 1. The summed E-state index contributed by atoms with van der Waals surface area (Å²) in [5.74, 6) is -0.956. The van der Waals surface area contributed by atoms with Gasteiger partial charge in [0.05, 0.1) is 13.2 Å². The maximum Gasteiger partial charge on any atom is 0.408 e. The Morgan fingerprint density at radius 3 is 2.26 bits per heavy atom. The highest BCUT2D eigenvalue weighted by Crippen LogP contribution is 2.29. The number of carbonyl (C=O) groups is 4. The van der Waals surface area contributed by atoms with Crippen molar-refractivity contribution in [3.8, 4) is 0 Å². The van der Waals surface area contributed by atoms with Crippen molar-refractivity contribution in [3.63, 3.8) is 0 Å². The number of hydrogen-bond acceptors (Lipinski definition) is 6. The van der Waals surface area contributed by atoms with Gasteiger partial charge >= 0.3 is 18.1 Å². The van der Waals surface area contributed by atoms with E-state index < -0.39 is 41.6 Å². The molecule has 1 aromatic heterocycles. The molecule has 0 unspecified atom stereocenters. The van der Waals surface area contributed by atoms with E-state index >= 15 is 0 Å². The summed E-state index contributed by atoms with van der Waals surface area (Å²) >= 11 is 0. The largest absolute Gasteiger partial charge is 0.467 e. The van der Waals surface area contributed by atoms with Gasteiger partial charge in [-0.3, -0.25) is 4.79 Å². The number of H-pyrrole nitrogens is 1. The average Bonchev–Trinajstić information content (AvgIpc) is 3.52. The van der Waals surface area contributed by atoms with Crippen LogP contribution in [0.15, 0.2) is 91.1 Å². The van der Waals surface area contributed by atoms with Gasteiger partial charge in [-0.05, 0) is 35.6 Å². The summed E-state index contributed by atoms with van der Waals surface area (Å²) in [6.45, 7) is 0.127. The number of ether oxygens (including phenoxy) is 2. The number of urea groups is 1. The highest BCUT2D eigenvalue weighted by Gasteiger charge is 2.42. The van der Waals surface area contributed by atoms with Crippen molar-refractivity contribution >= 4 is 34.9 Å². The van der Waals surface area contributed by atoms with Gasteiger partial charge in [0.15, 0.2) is 0 Å². The molecule has 2 atom stereocenters. The average molecular weight is 640 g/mol. The molecule has 0 radical (unpaired) electrons. The molecule has 246 valence electrons. The fraction of sp³-hybridized carbons (Fsp3) is 0.333. The van der Waals surface area contributed by atoms with Crippen LogP contribution in [0.4, 0.5) is 9.59 Å². The Labute approximate surface area is 273 Å². The molecule has 1 aliphatic rings. The van der Waals surface area contributed by atoms with Gasteiger partial charge in [0.1, 0.15) is 18.2 Å². The number of benzene rings is 3. The molecule has 0 bridgehead atoms. The van der Waals surface area contributed by atoms with Crippen molar-refractivity contribution in [1.82, 2.24) is 26.3 Å². The van der Waals surface area contributed by atoms with Crippen molar-refractivity contribution in [3.05, 3.63) is 108 Å². The lowest BCUT2D eigenvalue weighted by molar-refractivity contribution is -0.149. The number of esters is 1. The zero-order valence-electron chi connectivity index (χ0n) is 26.4. The van der Waals surface area contributed by atoms with Crippen LogP contribution in [0.25, 0.3) is 10.9 Å². The fourth-order valence-electron chi connectivity index (χ4n) is 6.04. The van der Waals surface area contributed by atoms with Gasteiger partial charge in [-0.1, -0.05) is 98.1 Å². The molecular formula is C36H41N5O6. The fourth-order valence-corrected chi connectivity index (χ4v) is 6.04. The lowest BCUT2D eigenvalue weighted by Crippen LogP contribution is -2.61. The second-order valence-electron chi connectivity index (χ2n) is 11.8. The first-order valence-corrected chi connectivity index (χ1v) is 15.9. The molecule has 5 rings (SSSR count). The SMILES string of the molecule is COC(=O)C1(NC(=O)N[C@H](Cc2c[nH]c3ccccc23)C(=O)NC[C@H](NC(=O)OCc2ccccc2)c2ccccc2)CCCCC1. The van der Waals surface area contributed by atoms with Crippen molar-refractivity contribution in [2.45, 2.75) is 62.8 Å². The van der Waals surface area contributed by atoms with Crippen LogP contribution >= 0.6 is 0 Å². The van der Waals surface area contributed by atoms with Crippen molar-refractivity contribution in [2.24, 2.45) is 0 Å². The Hall–Kier alpha value is -5.32. The smallest absolute Gasteiger partial charge is 0.408 e. The van der Waals surface area contributed by atoms with Crippen LogP contribution in [-0.4, -0.2) is 54.2 Å². The zero-order valence-corrected chi connectivity index (χ0v) is 26.4. The summed E-state index contributed by atoms with van der Waals surface area (Å²) < 4.78 is 10.5. The van der Waals surface area contributed by atoms with Gasteiger partial charge in [0.25, 0.3) is 0 Å². The number of aromatic amines is 1. The molecule has 11 heteroatoms. The molecule has 5 N–H and O–H groups in total. The first kappa shape index (κ1) is 33.1. The molecule has 1 aliphatic carbocycles. The summed E-state index contributed by atoms with van der Waals surface area (Å²) in [6, 6.07) is 24.0. The van der Waals surface area contributed by atoms with Crippen molar-refractivity contribution in [2.75, 3.05) is 13.7 Å². The quantitative estimate of drug-likeness (QED) is 0.137. The summed E-state index contributed by atoms with van der Waals surface area (Å²) in [5, 5.41) is 12.4. The third kappa shape index (κ3) is 8.69. The number of amides is 4. The van der Waals surface area contributed by atoms with Crippen LogP contribution < -0.4 is 21.3 Å². The molecule has 4 amide bonds. The molecular weight excluding hydrogens is 598 g/mol. The van der Waals surface area contributed by atoms with Crippen LogP contribution in [0.1, 0.15) is 54.8 Å². The molecule has 47 heavy (non-hydrogen) atoms. The Morgan fingerprint density at radius 2 is 1.53 bits per heavy atom. The number of fused-ring (bicyclic) bond motifs is 1. The summed E-state index contributed by atoms with van der Waals surface area (Å²) in [6.07, 6.45) is 4.78. The molecule has 3 aromatic carbocycles. The van der Waals surface area contributed by atoms with E-state index in [2.05, 4.69) is 26.3 Å². The molecule has 0 saturated heterocycles. The first-order chi connectivity index (χ1) is 22.9. The predicted molar refractivity (Wildman–Crippen MR) is 177 cm³/mol. The number of nitrogens with one attached hydrogen (secondary N) is 5. The zero-order chi connectivity index (χ0) is 33.1. The highest BCUT2D eigenvalue weighted by atomic mass is 16.5. The van der Waals surface area contributed by atoms with Gasteiger partial charge < -0.3 is 35.7 Å². The Bertz CT molecular complexity index is 1650. The molecule has 0 aliphatic heterocycles. The van der Waals surface area contributed by atoms with Crippen molar-refractivity contribution < 1.29 is 28.7 Å². The number of hydrogen-bond donors (Lipinski definition) is 5. The number of para-hydroxylation sites is 1. The van der Waals surface area contributed by atoms with Gasteiger partial charge in [0.2, 0.25) is 5.91 Å². The van der Waals surface area contributed by atoms with Crippen LogP contribution in [0.2, 0.25) is 0 Å². The van der Waals surface area contributed by atoms with Crippen molar-refractivity contribution in [1.29, 1.82) is 0 Å². The minimum atomic E-state index is -1.15. The number of methoxy groups -OCH3 is 1. The summed E-state index contributed by atoms with van der Waals surface area (Å²) in [5.41, 5.74) is 2.20. The van der Waals surface area contributed by atoms with Gasteiger partial charge in [-0.25, -0.2) is 14.4 Å². The maximum atomic E-state index is 13.8. The van der Waals surface area contributed by atoms with Gasteiger partial charge in [-0.15, -0.1) is 0 Å². The van der Waals surface area contributed by atoms with E-state index in [0.29, 0.717) is 12.8 Å². The normalized spacial score (nSPS) is 15.1.